The Bertz CT molecular complexity index is 310. The molecule has 1 unspecified atom stereocenters. The van der Waals surface area contributed by atoms with Gasteiger partial charge < -0.3 is 15.7 Å². The molecule has 104 valence electrons. The lowest BCUT2D eigenvalue weighted by Gasteiger charge is -2.36. The van der Waals surface area contributed by atoms with E-state index in [1.807, 2.05) is 13.8 Å². The number of nitrogens with zero attached hydrogens (tertiary/aromatic N) is 1. The quantitative estimate of drug-likeness (QED) is 0.774. The molecule has 1 fully saturated rings. The van der Waals surface area contributed by atoms with Gasteiger partial charge in [0, 0.05) is 18.1 Å². The van der Waals surface area contributed by atoms with Crippen LogP contribution in [0.15, 0.2) is 0 Å². The highest BCUT2D eigenvalue weighted by Gasteiger charge is 2.31. The van der Waals surface area contributed by atoms with E-state index < -0.39 is 12.0 Å². The predicted molar refractivity (Wildman–Crippen MR) is 72.5 cm³/mol. The molecule has 0 bridgehead atoms. The first-order chi connectivity index (χ1) is 8.41. The van der Waals surface area contributed by atoms with Crippen molar-refractivity contribution in [1.29, 1.82) is 0 Å². The van der Waals surface area contributed by atoms with Crippen molar-refractivity contribution in [3.8, 4) is 0 Å². The lowest BCUT2D eigenvalue weighted by atomic mass is 10.0. The molecule has 0 aromatic heterocycles. The molecule has 1 aliphatic heterocycles. The molecule has 0 aliphatic carbocycles. The van der Waals surface area contributed by atoms with E-state index in [0.29, 0.717) is 24.6 Å². The summed E-state index contributed by atoms with van der Waals surface area (Å²) in [6.07, 6.45) is 0.648. The van der Waals surface area contributed by atoms with Crippen molar-refractivity contribution in [1.82, 2.24) is 4.90 Å². The summed E-state index contributed by atoms with van der Waals surface area (Å²) in [5.41, 5.74) is 5.90. The fourth-order valence-electron chi connectivity index (χ4n) is 2.14. The number of nitrogens with two attached hydrogens (primary N) is 1. The molecule has 0 radical (unpaired) electrons. The fraction of sp³-hybridized carbons (Fsp3) is 0.833. The van der Waals surface area contributed by atoms with Crippen LogP contribution in [0.25, 0.3) is 0 Å². The molecule has 1 heterocycles. The third kappa shape index (κ3) is 4.49. The van der Waals surface area contributed by atoms with Crippen LogP contribution in [0.2, 0.25) is 0 Å². The van der Waals surface area contributed by atoms with E-state index in [4.69, 9.17) is 10.8 Å². The standard InChI is InChI=1S/C12H22N2O3S/c1-8(2)5-10(13)12(17)14-3-4-18-7-9(14)6-11(15)16/h8-10H,3-7,13H2,1-2H3,(H,15,16)/t9?,10-/m1/s1. The zero-order valence-electron chi connectivity index (χ0n) is 11.0. The van der Waals surface area contributed by atoms with E-state index in [0.717, 1.165) is 5.75 Å². The topological polar surface area (TPSA) is 83.6 Å². The third-order valence-corrected chi connectivity index (χ3v) is 4.06. The van der Waals surface area contributed by atoms with Gasteiger partial charge in [0.15, 0.2) is 0 Å². The van der Waals surface area contributed by atoms with Gasteiger partial charge in [-0.1, -0.05) is 13.8 Å². The van der Waals surface area contributed by atoms with Crippen LogP contribution in [0.5, 0.6) is 0 Å². The number of rotatable bonds is 5. The van der Waals surface area contributed by atoms with Crippen molar-refractivity contribution in [2.24, 2.45) is 11.7 Å². The van der Waals surface area contributed by atoms with Crippen LogP contribution < -0.4 is 5.73 Å². The Hall–Kier alpha value is -0.750. The maximum absolute atomic E-state index is 12.2. The summed E-state index contributed by atoms with van der Waals surface area (Å²) in [5, 5.41) is 8.87. The minimum absolute atomic E-state index is 0.00708. The smallest absolute Gasteiger partial charge is 0.305 e. The van der Waals surface area contributed by atoms with E-state index in [9.17, 15) is 9.59 Å². The van der Waals surface area contributed by atoms with Crippen molar-refractivity contribution < 1.29 is 14.7 Å². The lowest BCUT2D eigenvalue weighted by Crippen LogP contribution is -2.53. The number of carbonyl (C=O) groups excluding carboxylic acids is 1. The number of thioether (sulfide) groups is 1. The monoisotopic (exact) mass is 274 g/mol. The minimum atomic E-state index is -0.863. The number of hydrogen-bond acceptors (Lipinski definition) is 4. The van der Waals surface area contributed by atoms with E-state index in [-0.39, 0.29) is 18.4 Å². The molecule has 0 aromatic rings. The molecule has 0 saturated carbocycles. The van der Waals surface area contributed by atoms with Crippen LogP contribution in [0.4, 0.5) is 0 Å². The van der Waals surface area contributed by atoms with Crippen LogP contribution in [0.3, 0.4) is 0 Å². The molecule has 0 aromatic carbocycles. The summed E-state index contributed by atoms with van der Waals surface area (Å²) in [5.74, 6) is 0.942. The molecule has 5 nitrogen and oxygen atoms in total. The Morgan fingerprint density at radius 3 is 2.72 bits per heavy atom. The number of hydrogen-bond donors (Lipinski definition) is 2. The van der Waals surface area contributed by atoms with Crippen LogP contribution in [-0.4, -0.2) is 52.0 Å². The predicted octanol–water partition coefficient (Wildman–Crippen LogP) is 0.778. The van der Waals surface area contributed by atoms with Gasteiger partial charge in [0.2, 0.25) is 5.91 Å². The molecule has 1 saturated heterocycles. The Balaban J connectivity index is 2.64. The van der Waals surface area contributed by atoms with Crippen LogP contribution in [0, 0.1) is 5.92 Å². The fourth-order valence-corrected chi connectivity index (χ4v) is 3.20. The largest absolute Gasteiger partial charge is 0.481 e. The van der Waals surface area contributed by atoms with Gasteiger partial charge in [-0.2, -0.15) is 11.8 Å². The van der Waals surface area contributed by atoms with Gasteiger partial charge in [-0.05, 0) is 12.3 Å². The molecule has 6 heteroatoms. The summed E-state index contributed by atoms with van der Waals surface area (Å²) in [7, 11) is 0. The van der Waals surface area contributed by atoms with Crippen LogP contribution >= 0.6 is 11.8 Å². The van der Waals surface area contributed by atoms with Crippen molar-refractivity contribution in [3.05, 3.63) is 0 Å². The Morgan fingerprint density at radius 1 is 1.50 bits per heavy atom. The van der Waals surface area contributed by atoms with Gasteiger partial charge >= 0.3 is 5.97 Å². The van der Waals surface area contributed by atoms with Gasteiger partial charge in [0.05, 0.1) is 18.5 Å². The van der Waals surface area contributed by atoms with Gasteiger partial charge in [-0.3, -0.25) is 9.59 Å². The summed E-state index contributed by atoms with van der Waals surface area (Å²) >= 11 is 1.69. The van der Waals surface area contributed by atoms with Crippen molar-refractivity contribution in [2.75, 3.05) is 18.1 Å². The molecule has 18 heavy (non-hydrogen) atoms. The second-order valence-corrected chi connectivity index (χ2v) is 6.24. The van der Waals surface area contributed by atoms with Crippen LogP contribution in [0.1, 0.15) is 26.7 Å². The van der Waals surface area contributed by atoms with Crippen molar-refractivity contribution in [2.45, 2.75) is 38.8 Å². The number of aliphatic carboxylic acids is 1. The van der Waals surface area contributed by atoms with E-state index in [1.165, 1.54) is 0 Å². The molecular formula is C12H22N2O3S. The lowest BCUT2D eigenvalue weighted by molar-refractivity contribution is -0.141. The summed E-state index contributed by atoms with van der Waals surface area (Å²) < 4.78 is 0. The average molecular weight is 274 g/mol. The summed E-state index contributed by atoms with van der Waals surface area (Å²) in [6.45, 7) is 4.65. The maximum atomic E-state index is 12.2. The first kappa shape index (κ1) is 15.3. The first-order valence-electron chi connectivity index (χ1n) is 6.27. The molecule has 1 aliphatic rings. The summed E-state index contributed by atoms with van der Waals surface area (Å²) in [6, 6.07) is -0.726. The highest BCUT2D eigenvalue weighted by Crippen LogP contribution is 2.20. The van der Waals surface area contributed by atoms with Gasteiger partial charge in [0.1, 0.15) is 0 Å². The molecule has 1 rings (SSSR count). The molecule has 3 N–H and O–H groups in total. The minimum Gasteiger partial charge on any atom is -0.481 e. The zero-order valence-corrected chi connectivity index (χ0v) is 11.8. The van der Waals surface area contributed by atoms with Crippen molar-refractivity contribution >= 4 is 23.6 Å². The molecular weight excluding hydrogens is 252 g/mol. The molecule has 2 atom stereocenters. The van der Waals surface area contributed by atoms with Gasteiger partial charge in [-0.15, -0.1) is 0 Å². The maximum Gasteiger partial charge on any atom is 0.305 e. The van der Waals surface area contributed by atoms with Crippen molar-refractivity contribution in [3.63, 3.8) is 0 Å². The van der Waals surface area contributed by atoms with E-state index in [1.54, 1.807) is 16.7 Å². The van der Waals surface area contributed by atoms with E-state index >= 15 is 0 Å². The zero-order chi connectivity index (χ0) is 13.7. The SMILES string of the molecule is CC(C)C[C@@H](N)C(=O)N1CCSCC1CC(=O)O. The number of carbonyl (C=O) groups is 2. The number of amides is 1. The Kier molecular flexibility index (Phi) is 5.95. The van der Waals surface area contributed by atoms with Gasteiger partial charge in [0.25, 0.3) is 0 Å². The number of carboxylic acids is 1. The Labute approximate surface area is 112 Å². The Morgan fingerprint density at radius 2 is 2.17 bits per heavy atom. The van der Waals surface area contributed by atoms with E-state index in [2.05, 4.69) is 0 Å². The number of carboxylic acid groups (broad SMARTS) is 1. The van der Waals surface area contributed by atoms with Crippen LogP contribution in [-0.2, 0) is 9.59 Å². The highest BCUT2D eigenvalue weighted by molar-refractivity contribution is 7.99. The van der Waals surface area contributed by atoms with Gasteiger partial charge in [-0.25, -0.2) is 0 Å². The second kappa shape index (κ2) is 6.99. The summed E-state index contributed by atoms with van der Waals surface area (Å²) in [4.78, 5) is 24.7. The first-order valence-corrected chi connectivity index (χ1v) is 7.43. The average Bonchev–Trinajstić information content (AvgIpc) is 2.27. The highest BCUT2D eigenvalue weighted by atomic mass is 32.2. The molecule has 1 amide bonds. The second-order valence-electron chi connectivity index (χ2n) is 5.09. The third-order valence-electron chi connectivity index (χ3n) is 2.96. The molecule has 0 spiro atoms. The normalized spacial score (nSPS) is 22.0.